The Labute approximate surface area is 122 Å². The first-order valence-electron chi connectivity index (χ1n) is 6.82. The molecule has 3 nitrogen and oxygen atoms in total. The summed E-state index contributed by atoms with van der Waals surface area (Å²) >= 11 is 0. The van der Waals surface area contributed by atoms with Gasteiger partial charge in [0.2, 0.25) is 0 Å². The first-order valence-corrected chi connectivity index (χ1v) is 6.82. The Morgan fingerprint density at radius 2 is 2.05 bits per heavy atom. The van der Waals surface area contributed by atoms with E-state index in [-0.39, 0.29) is 12.4 Å². The van der Waals surface area contributed by atoms with E-state index >= 15 is 0 Å². The molecule has 3 rings (SSSR count). The second-order valence-corrected chi connectivity index (χ2v) is 4.97. The van der Waals surface area contributed by atoms with Gasteiger partial charge in [-0.2, -0.15) is 0 Å². The summed E-state index contributed by atoms with van der Waals surface area (Å²) in [5, 5.41) is 1.07. The van der Waals surface area contributed by atoms with Crippen molar-refractivity contribution in [2.45, 2.75) is 13.1 Å². The Hall–Kier alpha value is -2.33. The summed E-state index contributed by atoms with van der Waals surface area (Å²) in [5.41, 5.74) is 8.22. The molecule has 0 saturated carbocycles. The van der Waals surface area contributed by atoms with Crippen LogP contribution in [0.1, 0.15) is 11.1 Å². The van der Waals surface area contributed by atoms with E-state index in [1.165, 1.54) is 6.07 Å². The summed E-state index contributed by atoms with van der Waals surface area (Å²) in [6.45, 7) is 0.879. The van der Waals surface area contributed by atoms with E-state index in [0.717, 1.165) is 22.2 Å². The van der Waals surface area contributed by atoms with E-state index in [4.69, 9.17) is 10.5 Å². The van der Waals surface area contributed by atoms with Crippen molar-refractivity contribution in [3.63, 3.8) is 0 Å². The topological polar surface area (TPSA) is 40.2 Å². The Balaban J connectivity index is 1.99. The summed E-state index contributed by atoms with van der Waals surface area (Å²) in [6.07, 6.45) is 2.01. The van der Waals surface area contributed by atoms with Crippen LogP contribution in [0, 0.1) is 5.82 Å². The normalized spacial score (nSPS) is 11.0. The molecule has 1 aromatic heterocycles. The molecule has 0 aliphatic heterocycles. The van der Waals surface area contributed by atoms with Gasteiger partial charge in [-0.25, -0.2) is 4.39 Å². The highest BCUT2D eigenvalue weighted by Crippen LogP contribution is 2.26. The smallest absolute Gasteiger partial charge is 0.128 e. The van der Waals surface area contributed by atoms with E-state index in [1.54, 1.807) is 13.2 Å². The monoisotopic (exact) mass is 284 g/mol. The highest BCUT2D eigenvalue weighted by atomic mass is 19.1. The SMILES string of the molecule is COc1cccc2c1ccn2Cc1ccc(F)c(CN)c1. The van der Waals surface area contributed by atoms with Crippen LogP contribution < -0.4 is 10.5 Å². The number of fused-ring (bicyclic) bond motifs is 1. The minimum absolute atomic E-state index is 0.208. The standard InChI is InChI=1S/C17H17FN2O/c1-21-17-4-2-3-16-14(17)7-8-20(16)11-12-5-6-15(18)13(9-12)10-19/h2-9H,10-11,19H2,1H3. The number of methoxy groups -OCH3 is 1. The van der Waals surface area contributed by atoms with Gasteiger partial charge in [-0.05, 0) is 35.9 Å². The molecule has 2 aromatic carbocycles. The number of benzene rings is 2. The maximum absolute atomic E-state index is 13.5. The molecule has 0 radical (unpaired) electrons. The molecular weight excluding hydrogens is 267 g/mol. The fourth-order valence-corrected chi connectivity index (χ4v) is 2.59. The Kier molecular flexibility index (Phi) is 3.62. The van der Waals surface area contributed by atoms with Crippen molar-refractivity contribution in [3.05, 3.63) is 65.6 Å². The number of halogens is 1. The summed E-state index contributed by atoms with van der Waals surface area (Å²) in [7, 11) is 1.67. The van der Waals surface area contributed by atoms with Crippen molar-refractivity contribution in [3.8, 4) is 5.75 Å². The van der Waals surface area contributed by atoms with Gasteiger partial charge < -0.3 is 15.0 Å². The van der Waals surface area contributed by atoms with E-state index in [1.807, 2.05) is 36.5 Å². The van der Waals surface area contributed by atoms with E-state index in [2.05, 4.69) is 4.57 Å². The molecule has 0 aliphatic carbocycles. The average Bonchev–Trinajstić information content (AvgIpc) is 2.92. The molecule has 0 atom stereocenters. The number of rotatable bonds is 4. The van der Waals surface area contributed by atoms with Gasteiger partial charge in [-0.15, -0.1) is 0 Å². The van der Waals surface area contributed by atoms with Crippen LogP contribution in [0.15, 0.2) is 48.7 Å². The first-order chi connectivity index (χ1) is 10.2. The van der Waals surface area contributed by atoms with Gasteiger partial charge in [0.1, 0.15) is 11.6 Å². The minimum atomic E-state index is -0.250. The van der Waals surface area contributed by atoms with Crippen molar-refractivity contribution >= 4 is 10.9 Å². The molecule has 0 unspecified atom stereocenters. The largest absolute Gasteiger partial charge is 0.496 e. The number of hydrogen-bond acceptors (Lipinski definition) is 2. The molecule has 4 heteroatoms. The Morgan fingerprint density at radius 3 is 2.81 bits per heavy atom. The molecule has 0 amide bonds. The Morgan fingerprint density at radius 1 is 1.19 bits per heavy atom. The molecule has 0 fully saturated rings. The highest BCUT2D eigenvalue weighted by Gasteiger charge is 2.07. The first kappa shape index (κ1) is 13.6. The fraction of sp³-hybridized carbons (Fsp3) is 0.176. The van der Waals surface area contributed by atoms with Crippen LogP contribution in [0.3, 0.4) is 0 Å². The number of ether oxygens (including phenoxy) is 1. The predicted octanol–water partition coefficient (Wildman–Crippen LogP) is 3.30. The third kappa shape index (κ3) is 2.50. The van der Waals surface area contributed by atoms with Gasteiger partial charge in [-0.1, -0.05) is 12.1 Å². The van der Waals surface area contributed by atoms with E-state index in [0.29, 0.717) is 12.1 Å². The lowest BCUT2D eigenvalue weighted by Gasteiger charge is -2.09. The zero-order chi connectivity index (χ0) is 14.8. The fourth-order valence-electron chi connectivity index (χ4n) is 2.59. The van der Waals surface area contributed by atoms with Crippen LogP contribution >= 0.6 is 0 Å². The van der Waals surface area contributed by atoms with Crippen molar-refractivity contribution in [1.29, 1.82) is 0 Å². The molecule has 3 aromatic rings. The van der Waals surface area contributed by atoms with Gasteiger partial charge in [0.25, 0.3) is 0 Å². The summed E-state index contributed by atoms with van der Waals surface area (Å²) in [4.78, 5) is 0. The van der Waals surface area contributed by atoms with Gasteiger partial charge in [-0.3, -0.25) is 0 Å². The van der Waals surface area contributed by atoms with Crippen LogP contribution in [0.25, 0.3) is 10.9 Å². The predicted molar refractivity (Wildman–Crippen MR) is 81.9 cm³/mol. The number of nitrogens with zero attached hydrogens (tertiary/aromatic N) is 1. The third-order valence-electron chi connectivity index (χ3n) is 3.68. The average molecular weight is 284 g/mol. The maximum atomic E-state index is 13.5. The number of aromatic nitrogens is 1. The van der Waals surface area contributed by atoms with Crippen LogP contribution in [0.4, 0.5) is 4.39 Å². The van der Waals surface area contributed by atoms with Gasteiger partial charge in [0.05, 0.1) is 12.6 Å². The lowest BCUT2D eigenvalue weighted by atomic mass is 10.1. The van der Waals surface area contributed by atoms with Crippen molar-refractivity contribution in [1.82, 2.24) is 4.57 Å². The second-order valence-electron chi connectivity index (χ2n) is 4.97. The number of hydrogen-bond donors (Lipinski definition) is 1. The van der Waals surface area contributed by atoms with Crippen LogP contribution in [0.5, 0.6) is 5.75 Å². The highest BCUT2D eigenvalue weighted by molar-refractivity contribution is 5.86. The molecule has 0 spiro atoms. The van der Waals surface area contributed by atoms with Gasteiger partial charge in [0, 0.05) is 30.2 Å². The molecule has 21 heavy (non-hydrogen) atoms. The zero-order valence-electron chi connectivity index (χ0n) is 11.8. The summed E-state index contributed by atoms with van der Waals surface area (Å²) < 4.78 is 21.0. The van der Waals surface area contributed by atoms with Gasteiger partial charge in [0.15, 0.2) is 0 Å². The zero-order valence-corrected chi connectivity index (χ0v) is 11.8. The Bertz CT molecular complexity index is 780. The number of nitrogens with two attached hydrogens (primary N) is 1. The lowest BCUT2D eigenvalue weighted by Crippen LogP contribution is -2.03. The van der Waals surface area contributed by atoms with Crippen LogP contribution in [0.2, 0.25) is 0 Å². The molecule has 0 bridgehead atoms. The van der Waals surface area contributed by atoms with Crippen LogP contribution in [-0.2, 0) is 13.1 Å². The van der Waals surface area contributed by atoms with E-state index in [9.17, 15) is 4.39 Å². The molecule has 0 saturated heterocycles. The molecule has 1 heterocycles. The molecule has 0 aliphatic rings. The van der Waals surface area contributed by atoms with Gasteiger partial charge >= 0.3 is 0 Å². The van der Waals surface area contributed by atoms with Crippen molar-refractivity contribution in [2.24, 2.45) is 5.73 Å². The molecular formula is C17H17FN2O. The minimum Gasteiger partial charge on any atom is -0.496 e. The van der Waals surface area contributed by atoms with Crippen molar-refractivity contribution < 1.29 is 9.13 Å². The molecule has 2 N–H and O–H groups in total. The van der Waals surface area contributed by atoms with Crippen LogP contribution in [-0.4, -0.2) is 11.7 Å². The summed E-state index contributed by atoms with van der Waals surface area (Å²) in [6, 6.07) is 13.1. The van der Waals surface area contributed by atoms with E-state index < -0.39 is 0 Å². The maximum Gasteiger partial charge on any atom is 0.128 e. The lowest BCUT2D eigenvalue weighted by molar-refractivity contribution is 0.420. The van der Waals surface area contributed by atoms with Crippen molar-refractivity contribution in [2.75, 3.05) is 7.11 Å². The quantitative estimate of drug-likeness (QED) is 0.798. The second kappa shape index (κ2) is 5.58. The third-order valence-corrected chi connectivity index (χ3v) is 3.68. The molecule has 108 valence electrons. The summed E-state index contributed by atoms with van der Waals surface area (Å²) in [5.74, 6) is 0.605.